The van der Waals surface area contributed by atoms with E-state index in [0.29, 0.717) is 12.3 Å². The zero-order chi connectivity index (χ0) is 13.8. The number of carbonyl (C=O) groups excluding carboxylic acids is 1. The number of rotatable bonds is 4. The molecule has 0 radical (unpaired) electrons. The van der Waals surface area contributed by atoms with Gasteiger partial charge in [-0.05, 0) is 52.0 Å². The Morgan fingerprint density at radius 2 is 2.21 bits per heavy atom. The summed E-state index contributed by atoms with van der Waals surface area (Å²) in [5.41, 5.74) is 2.29. The summed E-state index contributed by atoms with van der Waals surface area (Å²) in [6, 6.07) is 4.02. The van der Waals surface area contributed by atoms with E-state index in [0.717, 1.165) is 41.7 Å². The molecule has 0 bridgehead atoms. The second kappa shape index (κ2) is 6.62. The number of nitrogens with zero attached hydrogens (tertiary/aromatic N) is 1. The van der Waals surface area contributed by atoms with Gasteiger partial charge in [0, 0.05) is 19.0 Å². The minimum absolute atomic E-state index is 0.174. The zero-order valence-electron chi connectivity index (χ0n) is 10.9. The smallest absolute Gasteiger partial charge is 0.227 e. The van der Waals surface area contributed by atoms with Crippen molar-refractivity contribution >= 4 is 33.4 Å². The van der Waals surface area contributed by atoms with Crippen molar-refractivity contribution in [3.8, 4) is 5.75 Å². The number of fused-ring (bicyclic) bond motifs is 1. The van der Waals surface area contributed by atoms with Crippen LogP contribution in [0.15, 0.2) is 16.6 Å². The van der Waals surface area contributed by atoms with Gasteiger partial charge in [-0.2, -0.15) is 0 Å². The van der Waals surface area contributed by atoms with Gasteiger partial charge in [0.1, 0.15) is 5.75 Å². The number of benzene rings is 1. The van der Waals surface area contributed by atoms with Crippen LogP contribution >= 0.6 is 27.5 Å². The average Bonchev–Trinajstić information content (AvgIpc) is 2.54. The highest BCUT2D eigenvalue weighted by Gasteiger charge is 2.21. The van der Waals surface area contributed by atoms with Crippen molar-refractivity contribution < 1.29 is 9.53 Å². The van der Waals surface area contributed by atoms with Crippen LogP contribution in [0.1, 0.15) is 17.5 Å². The lowest BCUT2D eigenvalue weighted by Crippen LogP contribution is -2.33. The first kappa shape index (κ1) is 14.7. The molecule has 0 aliphatic carbocycles. The monoisotopic (exact) mass is 345 g/mol. The van der Waals surface area contributed by atoms with E-state index in [4.69, 9.17) is 16.3 Å². The van der Waals surface area contributed by atoms with Crippen molar-refractivity contribution in [2.45, 2.75) is 19.3 Å². The molecular weight excluding hydrogens is 330 g/mol. The Hall–Kier alpha value is -0.740. The lowest BCUT2D eigenvalue weighted by Gasteiger charge is -2.19. The number of carbonyl (C=O) groups is 1. The van der Waals surface area contributed by atoms with Gasteiger partial charge in [0.25, 0.3) is 0 Å². The summed E-state index contributed by atoms with van der Waals surface area (Å²) in [5, 5.41) is 0. The number of alkyl halides is 1. The normalized spacial score (nSPS) is 15.1. The van der Waals surface area contributed by atoms with Crippen LogP contribution in [0.2, 0.25) is 0 Å². The summed E-state index contributed by atoms with van der Waals surface area (Å²) >= 11 is 9.19. The molecule has 0 atom stereocenters. The molecule has 1 aliphatic heterocycles. The van der Waals surface area contributed by atoms with Crippen LogP contribution < -0.4 is 4.74 Å². The summed E-state index contributed by atoms with van der Waals surface area (Å²) in [4.78, 5) is 14.1. The number of methoxy groups -OCH3 is 1. The third-order valence-electron chi connectivity index (χ3n) is 3.38. The third kappa shape index (κ3) is 3.42. The molecule has 1 amide bonds. The summed E-state index contributed by atoms with van der Waals surface area (Å²) in [6.45, 7) is 1.51. The van der Waals surface area contributed by atoms with Gasteiger partial charge in [-0.15, -0.1) is 11.6 Å². The lowest BCUT2D eigenvalue weighted by molar-refractivity contribution is -0.130. The number of hydrogen-bond acceptors (Lipinski definition) is 2. The van der Waals surface area contributed by atoms with Gasteiger partial charge < -0.3 is 9.64 Å². The first-order chi connectivity index (χ1) is 9.15. The van der Waals surface area contributed by atoms with Crippen LogP contribution in [0.4, 0.5) is 0 Å². The van der Waals surface area contributed by atoms with Gasteiger partial charge in [0.05, 0.1) is 18.0 Å². The molecular formula is C14H17BrClNO2. The fraction of sp³-hybridized carbons (Fsp3) is 0.500. The van der Waals surface area contributed by atoms with Crippen LogP contribution in [-0.2, 0) is 17.6 Å². The predicted octanol–water partition coefficient (Wildman–Crippen LogP) is 3.01. The molecule has 1 aromatic carbocycles. The molecule has 0 aromatic heterocycles. The predicted molar refractivity (Wildman–Crippen MR) is 80.0 cm³/mol. The van der Waals surface area contributed by atoms with Gasteiger partial charge in [0.15, 0.2) is 0 Å². The topological polar surface area (TPSA) is 29.5 Å². The Morgan fingerprint density at radius 3 is 2.89 bits per heavy atom. The molecule has 0 unspecified atom stereocenters. The van der Waals surface area contributed by atoms with Crippen LogP contribution in [0.25, 0.3) is 0 Å². The largest absolute Gasteiger partial charge is 0.496 e. The Kier molecular flexibility index (Phi) is 5.11. The minimum atomic E-state index is 0.174. The Balaban J connectivity index is 2.21. The fourth-order valence-electron chi connectivity index (χ4n) is 2.33. The van der Waals surface area contributed by atoms with E-state index in [1.165, 1.54) is 5.56 Å². The van der Waals surface area contributed by atoms with Crippen molar-refractivity contribution in [1.82, 2.24) is 4.90 Å². The van der Waals surface area contributed by atoms with Gasteiger partial charge >= 0.3 is 0 Å². The number of halogens is 2. The molecule has 0 N–H and O–H groups in total. The molecule has 0 saturated carbocycles. The molecule has 5 heteroatoms. The van der Waals surface area contributed by atoms with Crippen molar-refractivity contribution in [2.24, 2.45) is 0 Å². The van der Waals surface area contributed by atoms with Crippen LogP contribution in [0.3, 0.4) is 0 Å². The highest BCUT2D eigenvalue weighted by atomic mass is 79.9. The second-order valence-electron chi connectivity index (χ2n) is 4.61. The first-order valence-electron chi connectivity index (χ1n) is 6.34. The fourth-order valence-corrected chi connectivity index (χ4v) is 3.00. The molecule has 1 aliphatic rings. The quantitative estimate of drug-likeness (QED) is 0.784. The van der Waals surface area contributed by atoms with E-state index < -0.39 is 0 Å². The standard InChI is InChI=1S/C14H17BrClNO2/c1-19-13-8-11-9-14(18)17(5-2-4-16)6-3-10(11)7-12(13)15/h7-8H,2-6,9H2,1H3. The average molecular weight is 347 g/mol. The van der Waals surface area contributed by atoms with Gasteiger partial charge in [-0.3, -0.25) is 4.79 Å². The summed E-state index contributed by atoms with van der Waals surface area (Å²) in [6.07, 6.45) is 2.17. The van der Waals surface area contributed by atoms with E-state index >= 15 is 0 Å². The second-order valence-corrected chi connectivity index (χ2v) is 5.84. The summed E-state index contributed by atoms with van der Waals surface area (Å²) < 4.78 is 6.23. The molecule has 1 heterocycles. The van der Waals surface area contributed by atoms with Gasteiger partial charge in [0.2, 0.25) is 5.91 Å². The molecule has 0 fully saturated rings. The van der Waals surface area contributed by atoms with Crippen LogP contribution in [0, 0.1) is 0 Å². The van der Waals surface area contributed by atoms with E-state index in [1.54, 1.807) is 7.11 Å². The summed E-state index contributed by atoms with van der Waals surface area (Å²) in [5.74, 6) is 1.55. The van der Waals surface area contributed by atoms with Gasteiger partial charge in [-0.25, -0.2) is 0 Å². The first-order valence-corrected chi connectivity index (χ1v) is 7.67. The Bertz CT molecular complexity index is 479. The lowest BCUT2D eigenvalue weighted by atomic mass is 10.0. The Morgan fingerprint density at radius 1 is 1.42 bits per heavy atom. The molecule has 2 rings (SSSR count). The minimum Gasteiger partial charge on any atom is -0.496 e. The van der Waals surface area contributed by atoms with Crippen molar-refractivity contribution in [3.05, 3.63) is 27.7 Å². The molecule has 0 spiro atoms. The Labute approximate surface area is 127 Å². The zero-order valence-corrected chi connectivity index (χ0v) is 13.3. The maximum atomic E-state index is 12.2. The highest BCUT2D eigenvalue weighted by Crippen LogP contribution is 2.30. The van der Waals surface area contributed by atoms with E-state index in [9.17, 15) is 4.79 Å². The summed E-state index contributed by atoms with van der Waals surface area (Å²) in [7, 11) is 1.64. The molecule has 3 nitrogen and oxygen atoms in total. The maximum absolute atomic E-state index is 12.2. The number of ether oxygens (including phenoxy) is 1. The maximum Gasteiger partial charge on any atom is 0.227 e. The van der Waals surface area contributed by atoms with Crippen LogP contribution in [0.5, 0.6) is 5.75 Å². The van der Waals surface area contributed by atoms with Crippen molar-refractivity contribution in [3.63, 3.8) is 0 Å². The molecule has 1 aromatic rings. The van der Waals surface area contributed by atoms with E-state index in [1.807, 2.05) is 11.0 Å². The molecule has 0 saturated heterocycles. The molecule has 19 heavy (non-hydrogen) atoms. The number of hydrogen-bond donors (Lipinski definition) is 0. The van der Waals surface area contributed by atoms with Crippen molar-refractivity contribution in [1.29, 1.82) is 0 Å². The van der Waals surface area contributed by atoms with Crippen molar-refractivity contribution in [2.75, 3.05) is 26.1 Å². The number of amides is 1. The van der Waals surface area contributed by atoms with E-state index in [2.05, 4.69) is 22.0 Å². The molecule has 104 valence electrons. The van der Waals surface area contributed by atoms with Crippen LogP contribution in [-0.4, -0.2) is 36.9 Å². The SMILES string of the molecule is COc1cc2c(cc1Br)CCN(CCCCl)C(=O)C2. The third-order valence-corrected chi connectivity index (χ3v) is 4.27. The van der Waals surface area contributed by atoms with Gasteiger partial charge in [-0.1, -0.05) is 0 Å². The highest BCUT2D eigenvalue weighted by molar-refractivity contribution is 9.10. The van der Waals surface area contributed by atoms with E-state index in [-0.39, 0.29) is 5.91 Å².